The molecule has 1 unspecified atom stereocenters. The third-order valence-electron chi connectivity index (χ3n) is 3.26. The summed E-state index contributed by atoms with van der Waals surface area (Å²) in [5, 5.41) is 14.5. The number of aliphatic carboxylic acids is 1. The van der Waals surface area contributed by atoms with Crippen molar-refractivity contribution in [3.05, 3.63) is 0 Å². The molecule has 0 aliphatic carbocycles. The number of carbonyl (C=O) groups excluding carboxylic acids is 2. The van der Waals surface area contributed by atoms with Crippen molar-refractivity contribution < 1.29 is 24.2 Å². The predicted molar refractivity (Wildman–Crippen MR) is 101 cm³/mol. The molecule has 0 heterocycles. The molecule has 0 spiro atoms. The van der Waals surface area contributed by atoms with E-state index in [2.05, 4.69) is 10.6 Å². The highest BCUT2D eigenvalue weighted by Crippen LogP contribution is 2.23. The second kappa shape index (κ2) is 8.73. The van der Waals surface area contributed by atoms with E-state index in [9.17, 15) is 19.5 Å². The van der Waals surface area contributed by atoms with E-state index in [0.717, 1.165) is 0 Å². The first kappa shape index (κ1) is 24.2. The Morgan fingerprint density at radius 1 is 0.808 bits per heavy atom. The zero-order chi connectivity index (χ0) is 20.9. The number of hydrogen-bond donors (Lipinski definition) is 3. The second-order valence-electron chi connectivity index (χ2n) is 10.1. The van der Waals surface area contributed by atoms with Crippen LogP contribution in [0.4, 0.5) is 4.79 Å². The highest BCUT2D eigenvalue weighted by atomic mass is 16.6. The van der Waals surface area contributed by atoms with Gasteiger partial charge in [0.2, 0.25) is 5.91 Å². The molecule has 7 heteroatoms. The topological polar surface area (TPSA) is 105 Å². The lowest BCUT2D eigenvalue weighted by Gasteiger charge is -2.30. The van der Waals surface area contributed by atoms with Crippen LogP contribution < -0.4 is 10.6 Å². The first-order chi connectivity index (χ1) is 11.4. The molecule has 2 atom stereocenters. The SMILES string of the molecule is CC(C)(C)CC(NC(=O)OC(C)(C)C)C(=O)N[C@@H](CC(C)(C)C)C(=O)O. The molecule has 3 N–H and O–H groups in total. The molecule has 7 nitrogen and oxygen atoms in total. The first-order valence-corrected chi connectivity index (χ1v) is 8.92. The number of rotatable bonds is 6. The van der Waals surface area contributed by atoms with Gasteiger partial charge in [0.15, 0.2) is 0 Å². The number of amides is 2. The molecule has 2 amide bonds. The number of nitrogens with one attached hydrogen (secondary N) is 2. The van der Waals surface area contributed by atoms with Crippen molar-refractivity contribution in [1.82, 2.24) is 10.6 Å². The number of carbonyl (C=O) groups is 3. The maximum atomic E-state index is 12.7. The minimum Gasteiger partial charge on any atom is -0.480 e. The summed E-state index contributed by atoms with van der Waals surface area (Å²) in [5.74, 6) is -1.62. The summed E-state index contributed by atoms with van der Waals surface area (Å²) in [5.41, 5.74) is -1.21. The van der Waals surface area contributed by atoms with Gasteiger partial charge in [0, 0.05) is 0 Å². The van der Waals surface area contributed by atoms with Gasteiger partial charge in [-0.2, -0.15) is 0 Å². The summed E-state index contributed by atoms with van der Waals surface area (Å²) >= 11 is 0. The van der Waals surface area contributed by atoms with Crippen molar-refractivity contribution in [3.8, 4) is 0 Å². The first-order valence-electron chi connectivity index (χ1n) is 8.92. The molecule has 0 aromatic rings. The van der Waals surface area contributed by atoms with Crippen LogP contribution in [0.5, 0.6) is 0 Å². The molecule has 0 aromatic carbocycles. The fourth-order valence-corrected chi connectivity index (χ4v) is 2.36. The summed E-state index contributed by atoms with van der Waals surface area (Å²) in [4.78, 5) is 36.3. The van der Waals surface area contributed by atoms with Crippen LogP contribution in [0.2, 0.25) is 0 Å². The van der Waals surface area contributed by atoms with Gasteiger partial charge in [-0.05, 0) is 44.4 Å². The van der Waals surface area contributed by atoms with E-state index in [4.69, 9.17) is 4.74 Å². The van der Waals surface area contributed by atoms with Gasteiger partial charge >= 0.3 is 12.1 Å². The summed E-state index contributed by atoms with van der Waals surface area (Å²) in [6, 6.07) is -1.91. The van der Waals surface area contributed by atoms with Crippen molar-refractivity contribution in [1.29, 1.82) is 0 Å². The molecule has 0 aliphatic heterocycles. The molecule has 0 saturated heterocycles. The minimum absolute atomic E-state index is 0.250. The smallest absolute Gasteiger partial charge is 0.408 e. The zero-order valence-corrected chi connectivity index (χ0v) is 17.6. The third kappa shape index (κ3) is 11.7. The van der Waals surface area contributed by atoms with Crippen LogP contribution in [-0.4, -0.2) is 40.8 Å². The van der Waals surface area contributed by atoms with E-state index in [0.29, 0.717) is 6.42 Å². The molecule has 0 aliphatic rings. The van der Waals surface area contributed by atoms with Gasteiger partial charge in [-0.3, -0.25) is 4.79 Å². The molecule has 26 heavy (non-hydrogen) atoms. The van der Waals surface area contributed by atoms with E-state index in [1.54, 1.807) is 20.8 Å². The van der Waals surface area contributed by atoms with Crippen molar-refractivity contribution >= 4 is 18.0 Å². The fraction of sp³-hybridized carbons (Fsp3) is 0.842. The van der Waals surface area contributed by atoms with E-state index >= 15 is 0 Å². The van der Waals surface area contributed by atoms with Crippen LogP contribution in [0.3, 0.4) is 0 Å². The van der Waals surface area contributed by atoms with Crippen LogP contribution in [0.1, 0.15) is 75.2 Å². The minimum atomic E-state index is -1.10. The Labute approximate surface area is 157 Å². The lowest BCUT2D eigenvalue weighted by molar-refractivity contribution is -0.143. The predicted octanol–water partition coefficient (Wildman–Crippen LogP) is 3.32. The lowest BCUT2D eigenvalue weighted by atomic mass is 9.86. The average molecular weight is 373 g/mol. The number of alkyl carbamates (subject to hydrolysis) is 1. The number of ether oxygens (including phenoxy) is 1. The molecular weight excluding hydrogens is 336 g/mol. The Kier molecular flexibility index (Phi) is 8.13. The lowest BCUT2D eigenvalue weighted by Crippen LogP contribution is -2.54. The molecule has 0 rings (SSSR count). The number of carboxylic acids is 1. The average Bonchev–Trinajstić information content (AvgIpc) is 2.31. The second-order valence-corrected chi connectivity index (χ2v) is 10.1. The monoisotopic (exact) mass is 372 g/mol. The van der Waals surface area contributed by atoms with Gasteiger partial charge in [-0.25, -0.2) is 9.59 Å². The van der Waals surface area contributed by atoms with Crippen LogP contribution >= 0.6 is 0 Å². The molecule has 0 aromatic heterocycles. The molecule has 0 fully saturated rings. The maximum absolute atomic E-state index is 12.7. The summed E-state index contributed by atoms with van der Waals surface area (Å²) in [6.45, 7) is 16.7. The van der Waals surface area contributed by atoms with Crippen molar-refractivity contribution in [2.75, 3.05) is 0 Å². The highest BCUT2D eigenvalue weighted by molar-refractivity contribution is 5.89. The van der Waals surface area contributed by atoms with Crippen LogP contribution in [0, 0.1) is 10.8 Å². The zero-order valence-electron chi connectivity index (χ0n) is 17.6. The molecule has 0 radical (unpaired) electrons. The van der Waals surface area contributed by atoms with Gasteiger partial charge in [-0.15, -0.1) is 0 Å². The van der Waals surface area contributed by atoms with E-state index in [1.807, 2.05) is 41.5 Å². The van der Waals surface area contributed by atoms with E-state index in [-0.39, 0.29) is 17.3 Å². The van der Waals surface area contributed by atoms with Crippen LogP contribution in [-0.2, 0) is 14.3 Å². The Morgan fingerprint density at radius 3 is 1.58 bits per heavy atom. The van der Waals surface area contributed by atoms with Gasteiger partial charge in [0.1, 0.15) is 17.7 Å². The number of hydrogen-bond acceptors (Lipinski definition) is 4. The van der Waals surface area contributed by atoms with Crippen molar-refractivity contribution in [2.45, 2.75) is 92.8 Å². The van der Waals surface area contributed by atoms with E-state index < -0.39 is 35.7 Å². The summed E-state index contributed by atoms with van der Waals surface area (Å²) in [6.07, 6.45) is -0.0764. The van der Waals surface area contributed by atoms with Crippen LogP contribution in [0.25, 0.3) is 0 Å². The summed E-state index contributed by atoms with van der Waals surface area (Å²) < 4.78 is 5.22. The largest absolute Gasteiger partial charge is 0.480 e. The third-order valence-corrected chi connectivity index (χ3v) is 3.26. The Balaban J connectivity index is 5.25. The van der Waals surface area contributed by atoms with Gasteiger partial charge in [0.25, 0.3) is 0 Å². The van der Waals surface area contributed by atoms with Gasteiger partial charge in [0.05, 0.1) is 0 Å². The maximum Gasteiger partial charge on any atom is 0.408 e. The highest BCUT2D eigenvalue weighted by Gasteiger charge is 2.32. The molecule has 152 valence electrons. The summed E-state index contributed by atoms with van der Waals surface area (Å²) in [7, 11) is 0. The number of carboxylic acid groups (broad SMARTS) is 1. The normalized spacial score (nSPS) is 15.0. The molecule has 0 saturated carbocycles. The van der Waals surface area contributed by atoms with Crippen molar-refractivity contribution in [3.63, 3.8) is 0 Å². The van der Waals surface area contributed by atoms with Gasteiger partial charge < -0.3 is 20.5 Å². The van der Waals surface area contributed by atoms with Crippen LogP contribution in [0.15, 0.2) is 0 Å². The van der Waals surface area contributed by atoms with Gasteiger partial charge in [-0.1, -0.05) is 41.5 Å². The van der Waals surface area contributed by atoms with E-state index in [1.165, 1.54) is 0 Å². The Morgan fingerprint density at radius 2 is 1.23 bits per heavy atom. The quantitative estimate of drug-likeness (QED) is 0.663. The standard InChI is InChI=1S/C19H36N2O5/c1-17(2,3)10-12(21-16(25)26-19(7,8)9)14(22)20-13(15(23)24)11-18(4,5)6/h12-13H,10-11H2,1-9H3,(H,20,22)(H,21,25)(H,23,24)/t12?,13-/m0/s1. The Hall–Kier alpha value is -1.79. The Bertz CT molecular complexity index is 509. The molecular formula is C19H36N2O5. The fourth-order valence-electron chi connectivity index (χ4n) is 2.36. The molecule has 0 bridgehead atoms. The van der Waals surface area contributed by atoms with Crippen molar-refractivity contribution in [2.24, 2.45) is 10.8 Å².